The SMILES string of the molecule is Cn1cc([C@](C)(O)CN[C@H]2CCc3cc(Cl)ccc32)cn1. The highest BCUT2D eigenvalue weighted by Gasteiger charge is 2.28. The van der Waals surface area contributed by atoms with E-state index in [0.29, 0.717) is 6.54 Å². The maximum absolute atomic E-state index is 10.6. The fourth-order valence-corrected chi connectivity index (χ4v) is 3.12. The predicted molar refractivity (Wildman–Crippen MR) is 83.3 cm³/mol. The van der Waals surface area contributed by atoms with Crippen LogP contribution < -0.4 is 5.32 Å². The Hall–Kier alpha value is -1.36. The first-order valence-corrected chi connectivity index (χ1v) is 7.57. The fourth-order valence-electron chi connectivity index (χ4n) is 2.92. The molecule has 1 aliphatic rings. The van der Waals surface area contributed by atoms with Gasteiger partial charge in [0.1, 0.15) is 5.60 Å². The van der Waals surface area contributed by atoms with Crippen LogP contribution in [0.1, 0.15) is 36.1 Å². The Bertz CT molecular complexity index is 651. The first kappa shape index (κ1) is 14.6. The van der Waals surface area contributed by atoms with Crippen molar-refractivity contribution >= 4 is 11.6 Å². The minimum absolute atomic E-state index is 0.278. The summed E-state index contributed by atoms with van der Waals surface area (Å²) < 4.78 is 1.71. The third-order valence-electron chi connectivity index (χ3n) is 4.20. The summed E-state index contributed by atoms with van der Waals surface area (Å²) in [4.78, 5) is 0. The summed E-state index contributed by atoms with van der Waals surface area (Å²) in [5.41, 5.74) is 2.50. The van der Waals surface area contributed by atoms with E-state index >= 15 is 0 Å². The van der Waals surface area contributed by atoms with Gasteiger partial charge in [-0.1, -0.05) is 17.7 Å². The summed E-state index contributed by atoms with van der Waals surface area (Å²) in [6.45, 7) is 2.31. The summed E-state index contributed by atoms with van der Waals surface area (Å²) >= 11 is 6.03. The molecule has 0 bridgehead atoms. The fraction of sp³-hybridized carbons (Fsp3) is 0.438. The van der Waals surface area contributed by atoms with Crippen LogP contribution in [0, 0.1) is 0 Å². The molecule has 3 rings (SSSR count). The summed E-state index contributed by atoms with van der Waals surface area (Å²) in [6.07, 6.45) is 5.63. The molecule has 0 aliphatic heterocycles. The van der Waals surface area contributed by atoms with Crippen LogP contribution in [0.25, 0.3) is 0 Å². The molecular weight excluding hydrogens is 286 g/mol. The van der Waals surface area contributed by atoms with Crippen molar-refractivity contribution in [3.05, 3.63) is 52.3 Å². The van der Waals surface area contributed by atoms with Gasteiger partial charge in [-0.25, -0.2) is 0 Å². The third-order valence-corrected chi connectivity index (χ3v) is 4.44. The highest BCUT2D eigenvalue weighted by Crippen LogP contribution is 2.33. The number of nitrogens with one attached hydrogen (secondary N) is 1. The molecule has 1 aromatic heterocycles. The maximum Gasteiger partial charge on any atom is 0.102 e. The average molecular weight is 306 g/mol. The lowest BCUT2D eigenvalue weighted by Crippen LogP contribution is -2.36. The van der Waals surface area contributed by atoms with Gasteiger partial charge in [0.25, 0.3) is 0 Å². The van der Waals surface area contributed by atoms with E-state index in [4.69, 9.17) is 11.6 Å². The Labute approximate surface area is 129 Å². The van der Waals surface area contributed by atoms with E-state index in [9.17, 15) is 5.11 Å². The van der Waals surface area contributed by atoms with Crippen LogP contribution in [0.3, 0.4) is 0 Å². The number of halogens is 1. The van der Waals surface area contributed by atoms with E-state index in [1.54, 1.807) is 10.9 Å². The second kappa shape index (κ2) is 5.44. The van der Waals surface area contributed by atoms with Gasteiger partial charge in [0.05, 0.1) is 6.20 Å². The van der Waals surface area contributed by atoms with Crippen molar-refractivity contribution in [2.45, 2.75) is 31.4 Å². The van der Waals surface area contributed by atoms with Crippen molar-refractivity contribution in [3.63, 3.8) is 0 Å². The van der Waals surface area contributed by atoms with Crippen LogP contribution in [0.4, 0.5) is 0 Å². The molecule has 0 saturated heterocycles. The van der Waals surface area contributed by atoms with Crippen LogP contribution in [0.15, 0.2) is 30.6 Å². The molecule has 1 aromatic carbocycles. The highest BCUT2D eigenvalue weighted by molar-refractivity contribution is 6.30. The van der Waals surface area contributed by atoms with Crippen molar-refractivity contribution in [2.24, 2.45) is 7.05 Å². The van der Waals surface area contributed by atoms with Crippen LogP contribution in [0.5, 0.6) is 0 Å². The van der Waals surface area contributed by atoms with E-state index in [1.807, 2.05) is 32.3 Å². The average Bonchev–Trinajstić information content (AvgIpc) is 3.03. The molecule has 0 amide bonds. The zero-order valence-electron chi connectivity index (χ0n) is 12.3. The molecule has 112 valence electrons. The lowest BCUT2D eigenvalue weighted by atomic mass is 9.98. The lowest BCUT2D eigenvalue weighted by Gasteiger charge is -2.25. The van der Waals surface area contributed by atoms with Gasteiger partial charge in [-0.05, 0) is 43.0 Å². The quantitative estimate of drug-likeness (QED) is 0.913. The van der Waals surface area contributed by atoms with Crippen molar-refractivity contribution < 1.29 is 5.11 Å². The second-order valence-electron chi connectivity index (χ2n) is 5.99. The van der Waals surface area contributed by atoms with Gasteiger partial charge in [-0.15, -0.1) is 0 Å². The molecule has 0 spiro atoms. The van der Waals surface area contributed by atoms with E-state index < -0.39 is 5.60 Å². The Kier molecular flexibility index (Phi) is 3.78. The molecule has 2 N–H and O–H groups in total. The van der Waals surface area contributed by atoms with Gasteiger partial charge >= 0.3 is 0 Å². The van der Waals surface area contributed by atoms with Gasteiger partial charge in [0.15, 0.2) is 0 Å². The monoisotopic (exact) mass is 305 g/mol. The number of fused-ring (bicyclic) bond motifs is 1. The minimum atomic E-state index is -0.927. The lowest BCUT2D eigenvalue weighted by molar-refractivity contribution is 0.0537. The largest absolute Gasteiger partial charge is 0.384 e. The summed E-state index contributed by atoms with van der Waals surface area (Å²) in [6, 6.07) is 6.33. The van der Waals surface area contributed by atoms with Crippen molar-refractivity contribution in [1.29, 1.82) is 0 Å². The molecule has 2 aromatic rings. The van der Waals surface area contributed by atoms with Crippen LogP contribution in [-0.2, 0) is 19.1 Å². The number of hydrogen-bond acceptors (Lipinski definition) is 3. The summed E-state index contributed by atoms with van der Waals surface area (Å²) in [5.74, 6) is 0. The number of benzene rings is 1. The van der Waals surface area contributed by atoms with Crippen LogP contribution in [0.2, 0.25) is 5.02 Å². The van der Waals surface area contributed by atoms with Gasteiger partial charge in [0, 0.05) is 36.4 Å². The van der Waals surface area contributed by atoms with Crippen LogP contribution in [-0.4, -0.2) is 21.4 Å². The zero-order chi connectivity index (χ0) is 15.0. The number of rotatable bonds is 4. The minimum Gasteiger partial charge on any atom is -0.384 e. The van der Waals surface area contributed by atoms with Gasteiger partial charge in [0.2, 0.25) is 0 Å². The number of aromatic nitrogens is 2. The molecule has 0 fully saturated rings. The van der Waals surface area contributed by atoms with Gasteiger partial charge < -0.3 is 10.4 Å². The van der Waals surface area contributed by atoms with Gasteiger partial charge in [-0.2, -0.15) is 5.10 Å². The normalized spacial score (nSPS) is 20.3. The first-order valence-electron chi connectivity index (χ1n) is 7.19. The number of hydrogen-bond donors (Lipinski definition) is 2. The van der Waals surface area contributed by atoms with Crippen molar-refractivity contribution in [1.82, 2.24) is 15.1 Å². The van der Waals surface area contributed by atoms with Crippen LogP contribution >= 0.6 is 11.6 Å². The molecule has 1 heterocycles. The van der Waals surface area contributed by atoms with Crippen molar-refractivity contribution in [2.75, 3.05) is 6.54 Å². The Morgan fingerprint density at radius 1 is 1.52 bits per heavy atom. The van der Waals surface area contributed by atoms with Gasteiger partial charge in [-0.3, -0.25) is 4.68 Å². The molecule has 4 nitrogen and oxygen atoms in total. The Morgan fingerprint density at radius 2 is 2.33 bits per heavy atom. The summed E-state index contributed by atoms with van der Waals surface area (Å²) in [7, 11) is 1.85. The highest BCUT2D eigenvalue weighted by atomic mass is 35.5. The third kappa shape index (κ3) is 2.98. The number of aliphatic hydroxyl groups is 1. The predicted octanol–water partition coefficient (Wildman–Crippen LogP) is 2.56. The molecule has 2 atom stereocenters. The molecular formula is C16H20ClN3O. The summed E-state index contributed by atoms with van der Waals surface area (Å²) in [5, 5.41) is 19.0. The molecule has 0 radical (unpaired) electrons. The standard InChI is InChI=1S/C16H20ClN3O/c1-16(21,12-8-19-20(2)9-12)10-18-15-6-3-11-7-13(17)4-5-14(11)15/h4-5,7-9,15,18,21H,3,6,10H2,1-2H3/t15-,16+/m0/s1. The second-order valence-corrected chi connectivity index (χ2v) is 6.43. The number of aryl methyl sites for hydroxylation is 2. The topological polar surface area (TPSA) is 50.1 Å². The molecule has 0 saturated carbocycles. The van der Waals surface area contributed by atoms with E-state index in [2.05, 4.69) is 16.5 Å². The molecule has 21 heavy (non-hydrogen) atoms. The van der Waals surface area contributed by atoms with E-state index in [0.717, 1.165) is 23.4 Å². The molecule has 5 heteroatoms. The molecule has 0 unspecified atom stereocenters. The Morgan fingerprint density at radius 3 is 3.05 bits per heavy atom. The van der Waals surface area contributed by atoms with Crippen molar-refractivity contribution in [3.8, 4) is 0 Å². The number of nitrogens with zero attached hydrogens (tertiary/aromatic N) is 2. The maximum atomic E-state index is 10.6. The zero-order valence-corrected chi connectivity index (χ0v) is 13.1. The first-order chi connectivity index (χ1) is 9.95. The Balaban J connectivity index is 1.69. The molecule has 1 aliphatic carbocycles. The van der Waals surface area contributed by atoms with E-state index in [1.165, 1.54) is 11.1 Å². The van der Waals surface area contributed by atoms with E-state index in [-0.39, 0.29) is 6.04 Å². The smallest absolute Gasteiger partial charge is 0.102 e.